The van der Waals surface area contributed by atoms with Gasteiger partial charge in [0.25, 0.3) is 0 Å². The Hall–Kier alpha value is -2.34. The number of fused-ring (bicyclic) bond motifs is 1. The third-order valence-electron chi connectivity index (χ3n) is 5.02. The molecule has 0 saturated carbocycles. The maximum atomic E-state index is 12.8. The molecule has 6 heteroatoms. The second-order valence-electron chi connectivity index (χ2n) is 6.82. The van der Waals surface area contributed by atoms with E-state index < -0.39 is 0 Å². The molecule has 4 rings (SSSR count). The summed E-state index contributed by atoms with van der Waals surface area (Å²) >= 11 is 1.54. The van der Waals surface area contributed by atoms with Crippen LogP contribution in [0.3, 0.4) is 0 Å². The Bertz CT molecular complexity index is 899. The van der Waals surface area contributed by atoms with Crippen LogP contribution in [0, 0.1) is 13.8 Å². The van der Waals surface area contributed by atoms with Gasteiger partial charge in [-0.1, -0.05) is 41.7 Å². The van der Waals surface area contributed by atoms with Gasteiger partial charge in [-0.2, -0.15) is 4.98 Å². The van der Waals surface area contributed by atoms with Gasteiger partial charge in [-0.25, -0.2) is 9.97 Å². The topological polar surface area (TPSA) is 59.0 Å². The van der Waals surface area contributed by atoms with Crippen molar-refractivity contribution in [3.8, 4) is 0 Å². The molecule has 1 fully saturated rings. The summed E-state index contributed by atoms with van der Waals surface area (Å²) in [6.45, 7) is 4.79. The summed E-state index contributed by atoms with van der Waals surface area (Å²) in [6, 6.07) is 10.1. The lowest BCUT2D eigenvalue weighted by Gasteiger charge is -2.22. The maximum Gasteiger partial charge on any atom is 0.191 e. The lowest BCUT2D eigenvalue weighted by Crippen LogP contribution is -2.36. The van der Waals surface area contributed by atoms with E-state index in [0.29, 0.717) is 17.9 Å². The van der Waals surface area contributed by atoms with Crippen molar-refractivity contribution in [1.29, 1.82) is 0 Å². The van der Waals surface area contributed by atoms with Crippen LogP contribution in [-0.4, -0.2) is 33.3 Å². The Morgan fingerprint density at radius 2 is 1.92 bits per heavy atom. The number of hydrogen-bond donors (Lipinski definition) is 0. The van der Waals surface area contributed by atoms with Crippen LogP contribution in [0.1, 0.15) is 36.2 Å². The highest BCUT2D eigenvalue weighted by atomic mass is 32.1. The number of carbonyl (C=O) groups is 1. The normalized spacial score (nSPS) is 17.2. The highest BCUT2D eigenvalue weighted by Gasteiger charge is 2.32. The average molecular weight is 366 g/mol. The Morgan fingerprint density at radius 3 is 2.73 bits per heavy atom. The average Bonchev–Trinajstić information content (AvgIpc) is 3.27. The molecule has 0 aliphatic carbocycles. The van der Waals surface area contributed by atoms with Crippen LogP contribution in [0.5, 0.6) is 0 Å². The van der Waals surface area contributed by atoms with E-state index in [1.165, 1.54) is 5.56 Å². The van der Waals surface area contributed by atoms with Crippen LogP contribution >= 0.6 is 11.3 Å². The number of hydrogen-bond acceptors (Lipinski definition) is 6. The minimum absolute atomic E-state index is 0.0681. The van der Waals surface area contributed by atoms with Crippen LogP contribution in [0.25, 0.3) is 10.5 Å². The van der Waals surface area contributed by atoms with E-state index in [4.69, 9.17) is 0 Å². The van der Waals surface area contributed by atoms with Crippen molar-refractivity contribution in [2.45, 2.75) is 45.6 Å². The number of rotatable bonds is 5. The quantitative estimate of drug-likeness (QED) is 0.686. The molecule has 5 nitrogen and oxygen atoms in total. The van der Waals surface area contributed by atoms with Crippen LogP contribution < -0.4 is 4.90 Å². The van der Waals surface area contributed by atoms with Gasteiger partial charge in [0.05, 0.1) is 17.4 Å². The number of thiazole rings is 1. The molecule has 0 amide bonds. The van der Waals surface area contributed by atoms with Gasteiger partial charge >= 0.3 is 0 Å². The first-order valence-corrected chi connectivity index (χ1v) is 9.88. The van der Waals surface area contributed by atoms with E-state index in [0.717, 1.165) is 47.2 Å². The molecule has 134 valence electrons. The summed E-state index contributed by atoms with van der Waals surface area (Å²) in [4.78, 5) is 29.6. The van der Waals surface area contributed by atoms with E-state index in [9.17, 15) is 4.79 Å². The first kappa shape index (κ1) is 17.1. The van der Waals surface area contributed by atoms with Crippen molar-refractivity contribution in [3.05, 3.63) is 47.3 Å². The first-order valence-electron chi connectivity index (χ1n) is 9.07. The van der Waals surface area contributed by atoms with Crippen LogP contribution in [0.15, 0.2) is 30.3 Å². The Kier molecular flexibility index (Phi) is 4.68. The summed E-state index contributed by atoms with van der Waals surface area (Å²) in [7, 11) is 0. The van der Waals surface area contributed by atoms with Gasteiger partial charge < -0.3 is 4.90 Å². The van der Waals surface area contributed by atoms with Gasteiger partial charge in [-0.05, 0) is 38.7 Å². The lowest BCUT2D eigenvalue weighted by molar-refractivity contribution is -0.120. The van der Waals surface area contributed by atoms with Crippen molar-refractivity contribution >= 4 is 32.7 Å². The molecule has 1 aliphatic rings. The molecule has 26 heavy (non-hydrogen) atoms. The third-order valence-corrected chi connectivity index (χ3v) is 6.00. The van der Waals surface area contributed by atoms with E-state index in [2.05, 4.69) is 32.0 Å². The third kappa shape index (κ3) is 3.33. The first-order chi connectivity index (χ1) is 12.6. The molecule has 0 bridgehead atoms. The van der Waals surface area contributed by atoms with Gasteiger partial charge in [0.1, 0.15) is 0 Å². The molecule has 0 N–H and O–H groups in total. The van der Waals surface area contributed by atoms with Crippen molar-refractivity contribution in [2.75, 3.05) is 11.4 Å². The standard InChI is InChI=1S/C20H22N4OS/c1-13-14(2)22-19-18(21-13)23-20(26-19)24-12-6-9-16(24)17(25)11-10-15-7-4-3-5-8-15/h3-5,7-8,16H,6,9-12H2,1-2H3/t16-/m1/s1. The van der Waals surface area contributed by atoms with Crippen LogP contribution in [-0.2, 0) is 11.2 Å². The van der Waals surface area contributed by atoms with E-state index in [1.54, 1.807) is 11.3 Å². The Balaban J connectivity index is 1.51. The number of aryl methyl sites for hydroxylation is 3. The molecule has 3 heterocycles. The number of aromatic nitrogens is 3. The molecule has 1 aromatic carbocycles. The summed E-state index contributed by atoms with van der Waals surface area (Å²) in [5, 5.41) is 0.876. The van der Waals surface area contributed by atoms with Gasteiger partial charge in [-0.15, -0.1) is 0 Å². The second kappa shape index (κ2) is 7.11. The number of ketones is 1. The maximum absolute atomic E-state index is 12.8. The zero-order valence-corrected chi connectivity index (χ0v) is 15.9. The number of anilines is 1. The van der Waals surface area contributed by atoms with Crippen molar-refractivity contribution in [1.82, 2.24) is 15.0 Å². The number of nitrogens with zero attached hydrogens (tertiary/aromatic N) is 4. The Labute approximate surface area is 157 Å². The van der Waals surface area contributed by atoms with E-state index >= 15 is 0 Å². The van der Waals surface area contributed by atoms with Gasteiger partial charge in [0.2, 0.25) is 0 Å². The monoisotopic (exact) mass is 366 g/mol. The SMILES string of the molecule is Cc1nc2nc(N3CCC[C@@H]3C(=O)CCc3ccccc3)sc2nc1C. The van der Waals surface area contributed by atoms with Crippen LogP contribution in [0.4, 0.5) is 5.13 Å². The van der Waals surface area contributed by atoms with Crippen molar-refractivity contribution in [2.24, 2.45) is 0 Å². The number of carbonyl (C=O) groups excluding carboxylic acids is 1. The fourth-order valence-corrected chi connectivity index (χ4v) is 4.45. The highest BCUT2D eigenvalue weighted by molar-refractivity contribution is 7.21. The fraction of sp³-hybridized carbons (Fsp3) is 0.400. The summed E-state index contributed by atoms with van der Waals surface area (Å²) < 4.78 is 0. The zero-order chi connectivity index (χ0) is 18.1. The van der Waals surface area contributed by atoms with Gasteiger partial charge in [0.15, 0.2) is 21.4 Å². The van der Waals surface area contributed by atoms with Crippen molar-refractivity contribution in [3.63, 3.8) is 0 Å². The van der Waals surface area contributed by atoms with Crippen molar-refractivity contribution < 1.29 is 4.79 Å². The molecular formula is C20H22N4OS. The molecule has 0 spiro atoms. The molecular weight excluding hydrogens is 344 g/mol. The predicted molar refractivity (Wildman–Crippen MR) is 105 cm³/mol. The minimum atomic E-state index is -0.0681. The number of benzene rings is 1. The predicted octanol–water partition coefficient (Wildman–Crippen LogP) is 3.87. The van der Waals surface area contributed by atoms with E-state index in [-0.39, 0.29) is 6.04 Å². The molecule has 0 unspecified atom stereocenters. The molecule has 1 atom stereocenters. The number of Topliss-reactive ketones (excluding diaryl/α,β-unsaturated/α-hetero) is 1. The minimum Gasteiger partial charge on any atom is -0.338 e. The molecule has 1 saturated heterocycles. The molecule has 3 aromatic rings. The summed E-state index contributed by atoms with van der Waals surface area (Å²) in [5.41, 5.74) is 3.75. The summed E-state index contributed by atoms with van der Waals surface area (Å²) in [6.07, 6.45) is 3.30. The molecule has 2 aromatic heterocycles. The smallest absolute Gasteiger partial charge is 0.191 e. The van der Waals surface area contributed by atoms with Crippen LogP contribution in [0.2, 0.25) is 0 Å². The van der Waals surface area contributed by atoms with Gasteiger partial charge in [0, 0.05) is 13.0 Å². The molecule has 1 aliphatic heterocycles. The molecule has 0 radical (unpaired) electrons. The van der Waals surface area contributed by atoms with E-state index in [1.807, 2.05) is 32.0 Å². The second-order valence-corrected chi connectivity index (χ2v) is 7.78. The largest absolute Gasteiger partial charge is 0.338 e. The van der Waals surface area contributed by atoms with Gasteiger partial charge in [-0.3, -0.25) is 4.79 Å². The fourth-order valence-electron chi connectivity index (χ4n) is 3.44. The highest BCUT2D eigenvalue weighted by Crippen LogP contribution is 2.33. The Morgan fingerprint density at radius 1 is 1.15 bits per heavy atom. The lowest BCUT2D eigenvalue weighted by atomic mass is 10.0. The zero-order valence-electron chi connectivity index (χ0n) is 15.1. The summed E-state index contributed by atoms with van der Waals surface area (Å²) in [5.74, 6) is 0.305.